The minimum atomic E-state index is 0.411. The molecule has 0 atom stereocenters. The molecule has 0 saturated carbocycles. The van der Waals surface area contributed by atoms with Crippen LogP contribution in [0.4, 0.5) is 5.69 Å². The Labute approximate surface area is 108 Å². The Morgan fingerprint density at radius 3 is 2.93 bits per heavy atom. The van der Waals surface area contributed by atoms with Crippen molar-refractivity contribution in [2.24, 2.45) is 5.73 Å². The van der Waals surface area contributed by atoms with E-state index in [9.17, 15) is 0 Å². The predicted octanol–water partition coefficient (Wildman–Crippen LogP) is 2.86. The molecule has 1 rings (SSSR count). The Hall–Kier alpha value is -0.260. The van der Waals surface area contributed by atoms with Crippen molar-refractivity contribution in [3.8, 4) is 0 Å². The lowest BCUT2D eigenvalue weighted by Crippen LogP contribution is -2.15. The molecule has 82 valence electrons. The van der Waals surface area contributed by atoms with Crippen molar-refractivity contribution >= 4 is 50.6 Å². The van der Waals surface area contributed by atoms with Crippen LogP contribution < -0.4 is 11.1 Å². The lowest BCUT2D eigenvalue weighted by atomic mass is 10.2. The maximum atomic E-state index is 5.68. The van der Waals surface area contributed by atoms with E-state index in [2.05, 4.69) is 27.5 Å². The van der Waals surface area contributed by atoms with E-state index in [1.807, 2.05) is 18.2 Å². The highest BCUT2D eigenvalue weighted by molar-refractivity contribution is 9.10. The van der Waals surface area contributed by atoms with Gasteiger partial charge in [-0.3, -0.25) is 0 Å². The zero-order valence-electron chi connectivity index (χ0n) is 8.42. The van der Waals surface area contributed by atoms with E-state index in [-0.39, 0.29) is 0 Å². The van der Waals surface area contributed by atoms with Crippen LogP contribution in [0.1, 0.15) is 5.56 Å². The third-order valence-electron chi connectivity index (χ3n) is 1.88. The number of hydrogen-bond acceptors (Lipinski definition) is 3. The van der Waals surface area contributed by atoms with Crippen molar-refractivity contribution in [1.82, 2.24) is 0 Å². The summed E-state index contributed by atoms with van der Waals surface area (Å²) in [6, 6.07) is 5.89. The Bertz CT molecular complexity index is 355. The summed E-state index contributed by atoms with van der Waals surface area (Å²) in [5, 5.41) is 3.32. The zero-order chi connectivity index (χ0) is 11.3. The largest absolute Gasteiger partial charge is 0.389 e. The number of nitrogens with one attached hydrogen (secondary N) is 1. The third kappa shape index (κ3) is 3.66. The van der Waals surface area contributed by atoms with Gasteiger partial charge < -0.3 is 11.1 Å². The molecule has 1 aromatic carbocycles. The van der Waals surface area contributed by atoms with Gasteiger partial charge in [-0.15, -0.1) is 0 Å². The molecule has 0 radical (unpaired) electrons. The SMILES string of the molecule is CSCCNc1cccc(Br)c1C(N)=S. The van der Waals surface area contributed by atoms with Gasteiger partial charge in [-0.25, -0.2) is 0 Å². The van der Waals surface area contributed by atoms with Gasteiger partial charge in [0.25, 0.3) is 0 Å². The molecular weight excluding hydrogens is 292 g/mol. The Morgan fingerprint density at radius 1 is 1.60 bits per heavy atom. The number of benzene rings is 1. The molecule has 2 nitrogen and oxygen atoms in total. The lowest BCUT2D eigenvalue weighted by Gasteiger charge is -2.12. The van der Waals surface area contributed by atoms with Crippen molar-refractivity contribution in [2.45, 2.75) is 0 Å². The minimum absolute atomic E-state index is 0.411. The van der Waals surface area contributed by atoms with E-state index in [0.29, 0.717) is 4.99 Å². The highest BCUT2D eigenvalue weighted by Crippen LogP contribution is 2.24. The van der Waals surface area contributed by atoms with E-state index in [4.69, 9.17) is 18.0 Å². The van der Waals surface area contributed by atoms with Crippen LogP contribution in [-0.2, 0) is 0 Å². The smallest absolute Gasteiger partial charge is 0.107 e. The van der Waals surface area contributed by atoms with Gasteiger partial charge in [0.05, 0.1) is 0 Å². The number of hydrogen-bond donors (Lipinski definition) is 2. The molecule has 0 unspecified atom stereocenters. The molecule has 0 aromatic heterocycles. The lowest BCUT2D eigenvalue weighted by molar-refractivity contribution is 1.23. The van der Waals surface area contributed by atoms with E-state index < -0.39 is 0 Å². The summed E-state index contributed by atoms with van der Waals surface area (Å²) >= 11 is 10.3. The number of halogens is 1. The average Bonchev–Trinajstić information content (AvgIpc) is 2.17. The maximum absolute atomic E-state index is 5.68. The van der Waals surface area contributed by atoms with Gasteiger partial charge in [-0.2, -0.15) is 11.8 Å². The van der Waals surface area contributed by atoms with Gasteiger partial charge in [0.15, 0.2) is 0 Å². The summed E-state index contributed by atoms with van der Waals surface area (Å²) in [5.74, 6) is 1.06. The number of thioether (sulfide) groups is 1. The molecule has 0 fully saturated rings. The second-order valence-corrected chi connectivity index (χ2v) is 5.23. The standard InChI is InChI=1S/C10H13BrN2S2/c1-15-6-5-13-8-4-2-3-7(11)9(8)10(12)14/h2-4,13H,5-6H2,1H3,(H2,12,14). The quantitative estimate of drug-likeness (QED) is 0.648. The van der Waals surface area contributed by atoms with E-state index in [0.717, 1.165) is 28.0 Å². The molecule has 0 aliphatic carbocycles. The first kappa shape index (κ1) is 12.8. The second kappa shape index (κ2) is 6.35. The number of anilines is 1. The van der Waals surface area contributed by atoms with Crippen LogP contribution >= 0.6 is 39.9 Å². The second-order valence-electron chi connectivity index (χ2n) is 2.95. The molecule has 0 amide bonds. The molecule has 1 aromatic rings. The van der Waals surface area contributed by atoms with Crippen LogP contribution in [0.15, 0.2) is 22.7 Å². The molecular formula is C10H13BrN2S2. The number of thiocarbonyl (C=S) groups is 1. The molecule has 0 aliphatic rings. The fourth-order valence-corrected chi connectivity index (χ4v) is 2.45. The summed E-state index contributed by atoms with van der Waals surface area (Å²) in [7, 11) is 0. The Morgan fingerprint density at radius 2 is 2.33 bits per heavy atom. The topological polar surface area (TPSA) is 38.0 Å². The Balaban J connectivity index is 2.86. The monoisotopic (exact) mass is 304 g/mol. The van der Waals surface area contributed by atoms with Crippen LogP contribution in [0.2, 0.25) is 0 Å². The molecule has 0 spiro atoms. The number of nitrogens with two attached hydrogens (primary N) is 1. The fraction of sp³-hybridized carbons (Fsp3) is 0.300. The van der Waals surface area contributed by atoms with Gasteiger partial charge in [-0.1, -0.05) is 18.3 Å². The van der Waals surface area contributed by atoms with Crippen LogP contribution in [0, 0.1) is 0 Å². The van der Waals surface area contributed by atoms with Gasteiger partial charge in [0.1, 0.15) is 4.99 Å². The summed E-state index contributed by atoms with van der Waals surface area (Å²) in [6.45, 7) is 0.910. The highest BCUT2D eigenvalue weighted by atomic mass is 79.9. The first-order chi connectivity index (χ1) is 7.16. The highest BCUT2D eigenvalue weighted by Gasteiger charge is 2.08. The van der Waals surface area contributed by atoms with E-state index >= 15 is 0 Å². The third-order valence-corrected chi connectivity index (χ3v) is 3.36. The van der Waals surface area contributed by atoms with Crippen LogP contribution in [0.3, 0.4) is 0 Å². The van der Waals surface area contributed by atoms with Crippen molar-refractivity contribution in [3.63, 3.8) is 0 Å². The van der Waals surface area contributed by atoms with Crippen molar-refractivity contribution < 1.29 is 0 Å². The van der Waals surface area contributed by atoms with Crippen LogP contribution in [0.25, 0.3) is 0 Å². The number of rotatable bonds is 5. The molecule has 0 bridgehead atoms. The maximum Gasteiger partial charge on any atom is 0.107 e. The summed E-state index contributed by atoms with van der Waals surface area (Å²) in [6.07, 6.45) is 2.08. The molecule has 5 heteroatoms. The summed E-state index contributed by atoms with van der Waals surface area (Å²) in [4.78, 5) is 0.411. The van der Waals surface area contributed by atoms with Crippen LogP contribution in [-0.4, -0.2) is 23.5 Å². The molecule has 0 aliphatic heterocycles. The summed E-state index contributed by atoms with van der Waals surface area (Å²) < 4.78 is 0.934. The van der Waals surface area contributed by atoms with Gasteiger partial charge in [0.2, 0.25) is 0 Å². The normalized spacial score (nSPS) is 10.0. The zero-order valence-corrected chi connectivity index (χ0v) is 11.6. The Kier molecular flexibility index (Phi) is 5.42. The summed E-state index contributed by atoms with van der Waals surface area (Å²) in [5.41, 5.74) is 7.55. The molecule has 3 N–H and O–H groups in total. The van der Waals surface area contributed by atoms with Gasteiger partial charge in [-0.05, 0) is 34.3 Å². The molecule has 0 saturated heterocycles. The molecule has 0 heterocycles. The van der Waals surface area contributed by atoms with E-state index in [1.165, 1.54) is 0 Å². The van der Waals surface area contributed by atoms with Crippen molar-refractivity contribution in [2.75, 3.05) is 23.9 Å². The fourth-order valence-electron chi connectivity index (χ4n) is 1.21. The van der Waals surface area contributed by atoms with Gasteiger partial charge >= 0.3 is 0 Å². The van der Waals surface area contributed by atoms with Gasteiger partial charge in [0, 0.05) is 28.0 Å². The van der Waals surface area contributed by atoms with Crippen molar-refractivity contribution in [3.05, 3.63) is 28.2 Å². The average molecular weight is 305 g/mol. The van der Waals surface area contributed by atoms with Crippen molar-refractivity contribution in [1.29, 1.82) is 0 Å². The predicted molar refractivity (Wildman–Crippen MR) is 76.9 cm³/mol. The van der Waals surface area contributed by atoms with E-state index in [1.54, 1.807) is 11.8 Å². The van der Waals surface area contributed by atoms with Crippen LogP contribution in [0.5, 0.6) is 0 Å². The minimum Gasteiger partial charge on any atom is -0.389 e. The molecule has 15 heavy (non-hydrogen) atoms. The first-order valence-electron chi connectivity index (χ1n) is 4.48. The first-order valence-corrected chi connectivity index (χ1v) is 7.07.